The number of carboxylic acid groups (broad SMARTS) is 1. The second-order valence-electron chi connectivity index (χ2n) is 9.44. The summed E-state index contributed by atoms with van der Waals surface area (Å²) in [5, 5.41) is 25.8. The molecule has 2 unspecified atom stereocenters. The summed E-state index contributed by atoms with van der Waals surface area (Å²) in [5.41, 5.74) is 2.50. The van der Waals surface area contributed by atoms with Crippen molar-refractivity contribution in [2.24, 2.45) is 11.8 Å². The molecule has 8 nitrogen and oxygen atoms in total. The van der Waals surface area contributed by atoms with Crippen molar-refractivity contribution in [2.75, 3.05) is 39.3 Å². The van der Waals surface area contributed by atoms with E-state index in [1.807, 2.05) is 53.4 Å². The smallest absolute Gasteiger partial charge is 0.407 e. The first-order valence-corrected chi connectivity index (χ1v) is 12.3. The maximum atomic E-state index is 13.1. The van der Waals surface area contributed by atoms with E-state index in [0.29, 0.717) is 44.1 Å². The number of urea groups is 1. The number of carbonyl (C=O) groups is 2. The minimum atomic E-state index is -0.965. The standard InChI is InChI=1S/C27H33N5O3/c28-16-22-7-4-8-23(15-22)25-24(17-30-26(33)32(25)18-21-9-12-29-13-10-21)19-31(27(34)35)14-11-20-5-2-1-3-6-20/h1-8,15,21,24-25,29H,9-14,17-19H2,(H,30,33)(H,34,35). The van der Waals surface area contributed by atoms with Gasteiger partial charge in [0.1, 0.15) is 0 Å². The number of hydrogen-bond acceptors (Lipinski definition) is 4. The predicted molar refractivity (Wildman–Crippen MR) is 133 cm³/mol. The molecule has 0 aliphatic carbocycles. The van der Waals surface area contributed by atoms with E-state index >= 15 is 0 Å². The molecule has 2 saturated heterocycles. The van der Waals surface area contributed by atoms with E-state index in [-0.39, 0.29) is 18.0 Å². The zero-order chi connectivity index (χ0) is 24.6. The number of hydrogen-bond donors (Lipinski definition) is 3. The van der Waals surface area contributed by atoms with Gasteiger partial charge in [0.2, 0.25) is 0 Å². The molecular weight excluding hydrogens is 442 g/mol. The Morgan fingerprint density at radius 1 is 1.14 bits per heavy atom. The van der Waals surface area contributed by atoms with Crippen LogP contribution in [0.1, 0.15) is 35.6 Å². The monoisotopic (exact) mass is 475 g/mol. The third-order valence-electron chi connectivity index (χ3n) is 7.07. The first kappa shape index (κ1) is 24.6. The van der Waals surface area contributed by atoms with Crippen LogP contribution in [0.5, 0.6) is 0 Å². The Kier molecular flexibility index (Phi) is 8.22. The van der Waals surface area contributed by atoms with Gasteiger partial charge in [0.05, 0.1) is 17.7 Å². The van der Waals surface area contributed by atoms with Crippen molar-refractivity contribution < 1.29 is 14.7 Å². The highest BCUT2D eigenvalue weighted by Crippen LogP contribution is 2.34. The lowest BCUT2D eigenvalue weighted by atomic mass is 9.87. The molecule has 0 radical (unpaired) electrons. The van der Waals surface area contributed by atoms with Gasteiger partial charge in [0, 0.05) is 32.1 Å². The summed E-state index contributed by atoms with van der Waals surface area (Å²) in [4.78, 5) is 28.6. The molecule has 8 heteroatoms. The fourth-order valence-corrected chi connectivity index (χ4v) is 5.22. The number of nitriles is 1. The third kappa shape index (κ3) is 6.31. The van der Waals surface area contributed by atoms with Crippen LogP contribution in [-0.4, -0.2) is 66.3 Å². The molecule has 35 heavy (non-hydrogen) atoms. The van der Waals surface area contributed by atoms with Crippen LogP contribution in [0.4, 0.5) is 9.59 Å². The van der Waals surface area contributed by atoms with Crippen LogP contribution in [0.2, 0.25) is 0 Å². The van der Waals surface area contributed by atoms with E-state index in [1.54, 1.807) is 6.07 Å². The summed E-state index contributed by atoms with van der Waals surface area (Å²) in [6.45, 7) is 3.55. The van der Waals surface area contributed by atoms with Crippen molar-refractivity contribution >= 4 is 12.1 Å². The fraction of sp³-hybridized carbons (Fsp3) is 0.444. The Balaban J connectivity index is 1.58. The summed E-state index contributed by atoms with van der Waals surface area (Å²) in [5.74, 6) is 0.242. The fourth-order valence-electron chi connectivity index (χ4n) is 5.22. The number of rotatable bonds is 8. The minimum absolute atomic E-state index is 0.127. The molecule has 2 heterocycles. The molecule has 0 aromatic heterocycles. The summed E-state index contributed by atoms with van der Waals surface area (Å²) in [6.07, 6.45) is 1.65. The first-order valence-electron chi connectivity index (χ1n) is 12.3. The van der Waals surface area contributed by atoms with Gasteiger partial charge in [-0.05, 0) is 61.5 Å². The first-order chi connectivity index (χ1) is 17.0. The van der Waals surface area contributed by atoms with Gasteiger partial charge in [-0.1, -0.05) is 42.5 Å². The maximum Gasteiger partial charge on any atom is 0.407 e. The molecule has 2 aliphatic heterocycles. The number of piperidine rings is 1. The highest BCUT2D eigenvalue weighted by atomic mass is 16.4. The topological polar surface area (TPSA) is 109 Å². The van der Waals surface area contributed by atoms with E-state index < -0.39 is 6.09 Å². The molecule has 2 aromatic rings. The second kappa shape index (κ2) is 11.7. The number of amides is 3. The van der Waals surface area contributed by atoms with Gasteiger partial charge < -0.3 is 25.5 Å². The van der Waals surface area contributed by atoms with Crippen molar-refractivity contribution in [1.29, 1.82) is 5.26 Å². The molecular formula is C27H33N5O3. The molecule has 184 valence electrons. The Labute approximate surface area is 206 Å². The normalized spacial score (nSPS) is 20.7. The van der Waals surface area contributed by atoms with E-state index in [2.05, 4.69) is 16.7 Å². The summed E-state index contributed by atoms with van der Waals surface area (Å²) < 4.78 is 0. The summed E-state index contributed by atoms with van der Waals surface area (Å²) >= 11 is 0. The molecule has 2 aliphatic rings. The highest BCUT2D eigenvalue weighted by Gasteiger charge is 2.39. The van der Waals surface area contributed by atoms with Crippen molar-refractivity contribution in [1.82, 2.24) is 20.4 Å². The number of benzene rings is 2. The molecule has 2 atom stereocenters. The van der Waals surface area contributed by atoms with Crippen molar-refractivity contribution in [2.45, 2.75) is 25.3 Å². The van der Waals surface area contributed by atoms with Gasteiger partial charge in [-0.25, -0.2) is 9.59 Å². The van der Waals surface area contributed by atoms with Crippen LogP contribution in [0, 0.1) is 23.2 Å². The molecule has 0 saturated carbocycles. The van der Waals surface area contributed by atoms with Gasteiger partial charge >= 0.3 is 12.1 Å². The predicted octanol–water partition coefficient (Wildman–Crippen LogP) is 3.46. The molecule has 2 fully saturated rings. The van der Waals surface area contributed by atoms with Crippen molar-refractivity contribution in [3.05, 3.63) is 71.3 Å². The van der Waals surface area contributed by atoms with Gasteiger partial charge in [0.25, 0.3) is 0 Å². The van der Waals surface area contributed by atoms with Crippen LogP contribution >= 0.6 is 0 Å². The van der Waals surface area contributed by atoms with Crippen LogP contribution < -0.4 is 10.6 Å². The molecule has 2 aromatic carbocycles. The number of nitrogens with one attached hydrogen (secondary N) is 2. The van der Waals surface area contributed by atoms with Gasteiger partial charge in [0.15, 0.2) is 0 Å². The van der Waals surface area contributed by atoms with Gasteiger partial charge in [-0.3, -0.25) is 0 Å². The lowest BCUT2D eigenvalue weighted by Gasteiger charge is -2.44. The molecule has 3 amide bonds. The SMILES string of the molecule is N#Cc1cccc(C2C(CN(CCc3ccccc3)C(=O)O)CNC(=O)N2CC2CCNCC2)c1. The second-order valence-corrected chi connectivity index (χ2v) is 9.44. The van der Waals surface area contributed by atoms with E-state index in [0.717, 1.165) is 37.1 Å². The van der Waals surface area contributed by atoms with Gasteiger partial charge in [-0.15, -0.1) is 0 Å². The largest absolute Gasteiger partial charge is 0.465 e. The molecule has 3 N–H and O–H groups in total. The van der Waals surface area contributed by atoms with Gasteiger partial charge in [-0.2, -0.15) is 5.26 Å². The van der Waals surface area contributed by atoms with E-state index in [9.17, 15) is 20.0 Å². The number of carbonyl (C=O) groups excluding carboxylic acids is 1. The number of nitrogens with zero attached hydrogens (tertiary/aromatic N) is 3. The summed E-state index contributed by atoms with van der Waals surface area (Å²) in [7, 11) is 0. The summed E-state index contributed by atoms with van der Waals surface area (Å²) in [6, 6.07) is 19.0. The lowest BCUT2D eigenvalue weighted by molar-refractivity contribution is 0.0796. The van der Waals surface area contributed by atoms with Crippen molar-refractivity contribution in [3.63, 3.8) is 0 Å². The van der Waals surface area contributed by atoms with Crippen LogP contribution in [-0.2, 0) is 6.42 Å². The zero-order valence-electron chi connectivity index (χ0n) is 19.9. The zero-order valence-corrected chi connectivity index (χ0v) is 19.9. The molecule has 4 rings (SSSR count). The Morgan fingerprint density at radius 3 is 2.63 bits per heavy atom. The van der Waals surface area contributed by atoms with Crippen molar-refractivity contribution in [3.8, 4) is 6.07 Å². The van der Waals surface area contributed by atoms with E-state index in [1.165, 1.54) is 4.90 Å². The van der Waals surface area contributed by atoms with Crippen LogP contribution in [0.25, 0.3) is 0 Å². The quantitative estimate of drug-likeness (QED) is 0.542. The molecule has 0 bridgehead atoms. The Morgan fingerprint density at radius 2 is 1.91 bits per heavy atom. The third-order valence-corrected chi connectivity index (χ3v) is 7.07. The Bertz CT molecular complexity index is 1050. The molecule has 0 spiro atoms. The van der Waals surface area contributed by atoms with Crippen LogP contribution in [0.3, 0.4) is 0 Å². The van der Waals surface area contributed by atoms with E-state index in [4.69, 9.17) is 0 Å². The maximum absolute atomic E-state index is 13.1. The van der Waals surface area contributed by atoms with Crippen LogP contribution in [0.15, 0.2) is 54.6 Å². The average molecular weight is 476 g/mol. The Hall–Kier alpha value is -3.57. The minimum Gasteiger partial charge on any atom is -0.465 e. The highest BCUT2D eigenvalue weighted by molar-refractivity contribution is 5.76. The average Bonchev–Trinajstić information content (AvgIpc) is 2.89. The lowest BCUT2D eigenvalue weighted by Crippen LogP contribution is -2.57.